The molecule has 0 saturated heterocycles. The lowest BCUT2D eigenvalue weighted by atomic mass is 10.1. The number of amides is 1. The van der Waals surface area contributed by atoms with Gasteiger partial charge >= 0.3 is 0 Å². The summed E-state index contributed by atoms with van der Waals surface area (Å²) in [4.78, 5) is 18.2. The number of nitrogens with zero attached hydrogens (tertiary/aromatic N) is 2. The lowest BCUT2D eigenvalue weighted by Crippen LogP contribution is -2.30. The first kappa shape index (κ1) is 15.6. The van der Waals surface area contributed by atoms with Crippen molar-refractivity contribution in [2.24, 2.45) is 5.73 Å². The predicted molar refractivity (Wildman–Crippen MR) is 81.8 cm³/mol. The number of thiazole rings is 1. The molecule has 1 aromatic heterocycles. The summed E-state index contributed by atoms with van der Waals surface area (Å²) in [5.41, 5.74) is 6.35. The first-order valence-electron chi connectivity index (χ1n) is 6.70. The molecule has 2 aromatic rings. The molecule has 0 aliphatic rings. The van der Waals surface area contributed by atoms with Crippen LogP contribution in [0.2, 0.25) is 0 Å². The Balaban J connectivity index is 2.16. The smallest absolute Gasteiger partial charge is 0.273 e. The molecule has 0 spiro atoms. The van der Waals surface area contributed by atoms with Gasteiger partial charge in [-0.25, -0.2) is 9.37 Å². The molecule has 2 rings (SSSR count). The zero-order valence-electron chi connectivity index (χ0n) is 12.0. The third-order valence-corrected chi connectivity index (χ3v) is 4.29. The molecule has 0 fully saturated rings. The quantitative estimate of drug-likeness (QED) is 0.923. The molecule has 0 aliphatic heterocycles. The van der Waals surface area contributed by atoms with Crippen LogP contribution in [-0.4, -0.2) is 29.4 Å². The van der Waals surface area contributed by atoms with Crippen LogP contribution in [0.4, 0.5) is 4.39 Å². The molecular weight excluding hydrogens is 289 g/mol. The van der Waals surface area contributed by atoms with Crippen LogP contribution >= 0.6 is 11.3 Å². The number of hydrogen-bond donors (Lipinski definition) is 1. The normalized spacial score (nSPS) is 12.2. The molecule has 2 N–H and O–H groups in total. The van der Waals surface area contributed by atoms with Crippen LogP contribution in [0, 0.1) is 5.82 Å². The summed E-state index contributed by atoms with van der Waals surface area (Å²) in [5, 5.41) is 2.56. The largest absolute Gasteiger partial charge is 0.333 e. The molecule has 4 nitrogen and oxygen atoms in total. The molecule has 0 aliphatic carbocycles. The molecule has 1 unspecified atom stereocenters. The summed E-state index contributed by atoms with van der Waals surface area (Å²) >= 11 is 1.42. The van der Waals surface area contributed by atoms with Crippen molar-refractivity contribution in [2.45, 2.75) is 19.4 Å². The fourth-order valence-corrected chi connectivity index (χ4v) is 2.81. The van der Waals surface area contributed by atoms with Crippen molar-refractivity contribution in [3.63, 3.8) is 0 Å². The lowest BCUT2D eigenvalue weighted by molar-refractivity contribution is 0.0735. The molecule has 0 radical (unpaired) electrons. The SMILES string of the molecule is CC(c1ccccc1F)N(C)C(=O)c1csc(CCN)n1. The van der Waals surface area contributed by atoms with Gasteiger partial charge in [0, 0.05) is 24.4 Å². The standard InChI is InChI=1S/C15H18FN3OS/c1-10(11-5-3-4-6-12(11)16)19(2)15(20)13-9-21-14(18-13)7-8-17/h3-6,9-10H,7-8,17H2,1-2H3. The van der Waals surface area contributed by atoms with Gasteiger partial charge in [0.15, 0.2) is 0 Å². The van der Waals surface area contributed by atoms with Gasteiger partial charge in [-0.05, 0) is 19.5 Å². The lowest BCUT2D eigenvalue weighted by Gasteiger charge is -2.24. The Labute approximate surface area is 127 Å². The Bertz CT molecular complexity index is 629. The van der Waals surface area contributed by atoms with Crippen molar-refractivity contribution < 1.29 is 9.18 Å². The second-order valence-corrected chi connectivity index (χ2v) is 5.72. The summed E-state index contributed by atoms with van der Waals surface area (Å²) in [6, 6.07) is 6.11. The highest BCUT2D eigenvalue weighted by Crippen LogP contribution is 2.23. The van der Waals surface area contributed by atoms with E-state index in [-0.39, 0.29) is 17.8 Å². The van der Waals surface area contributed by atoms with E-state index in [0.29, 0.717) is 24.2 Å². The van der Waals surface area contributed by atoms with Gasteiger partial charge in [0.05, 0.1) is 11.0 Å². The molecule has 1 amide bonds. The summed E-state index contributed by atoms with van der Waals surface area (Å²) in [6.07, 6.45) is 0.657. The van der Waals surface area contributed by atoms with Crippen LogP contribution in [0.5, 0.6) is 0 Å². The fourth-order valence-electron chi connectivity index (χ4n) is 2.03. The summed E-state index contributed by atoms with van der Waals surface area (Å²) in [7, 11) is 1.65. The van der Waals surface area contributed by atoms with Gasteiger partial charge in [0.1, 0.15) is 11.5 Å². The average Bonchev–Trinajstić information content (AvgIpc) is 2.94. The Morgan fingerprint density at radius 3 is 2.86 bits per heavy atom. The fraction of sp³-hybridized carbons (Fsp3) is 0.333. The van der Waals surface area contributed by atoms with E-state index in [2.05, 4.69) is 4.98 Å². The number of benzene rings is 1. The van der Waals surface area contributed by atoms with Crippen LogP contribution in [0.25, 0.3) is 0 Å². The third kappa shape index (κ3) is 3.46. The molecule has 1 heterocycles. The van der Waals surface area contributed by atoms with E-state index < -0.39 is 0 Å². The second kappa shape index (κ2) is 6.78. The number of rotatable bonds is 5. The van der Waals surface area contributed by atoms with E-state index in [1.165, 1.54) is 22.3 Å². The number of carbonyl (C=O) groups is 1. The molecule has 0 saturated carbocycles. The third-order valence-electron chi connectivity index (χ3n) is 3.39. The minimum Gasteiger partial charge on any atom is -0.333 e. The number of carbonyl (C=O) groups excluding carboxylic acids is 1. The van der Waals surface area contributed by atoms with E-state index in [9.17, 15) is 9.18 Å². The van der Waals surface area contributed by atoms with Gasteiger partial charge in [-0.2, -0.15) is 0 Å². The molecule has 21 heavy (non-hydrogen) atoms. The molecule has 0 bridgehead atoms. The van der Waals surface area contributed by atoms with Crippen molar-refractivity contribution >= 4 is 17.2 Å². The predicted octanol–water partition coefficient (Wildman–Crippen LogP) is 2.62. The van der Waals surface area contributed by atoms with Gasteiger partial charge in [0.25, 0.3) is 5.91 Å². The second-order valence-electron chi connectivity index (χ2n) is 4.78. The van der Waals surface area contributed by atoms with Crippen LogP contribution in [-0.2, 0) is 6.42 Å². The maximum Gasteiger partial charge on any atom is 0.273 e. The zero-order valence-corrected chi connectivity index (χ0v) is 12.9. The Kier molecular flexibility index (Phi) is 5.03. The minimum absolute atomic E-state index is 0.217. The topological polar surface area (TPSA) is 59.2 Å². The van der Waals surface area contributed by atoms with Gasteiger partial charge in [-0.3, -0.25) is 4.79 Å². The zero-order chi connectivity index (χ0) is 15.4. The van der Waals surface area contributed by atoms with E-state index in [1.807, 2.05) is 0 Å². The maximum atomic E-state index is 13.8. The first-order valence-corrected chi connectivity index (χ1v) is 7.58. The van der Waals surface area contributed by atoms with Gasteiger partial charge in [-0.1, -0.05) is 18.2 Å². The molecular formula is C15H18FN3OS. The van der Waals surface area contributed by atoms with Crippen LogP contribution < -0.4 is 5.73 Å². The van der Waals surface area contributed by atoms with Crippen molar-refractivity contribution in [2.75, 3.05) is 13.6 Å². The van der Waals surface area contributed by atoms with E-state index in [4.69, 9.17) is 5.73 Å². The van der Waals surface area contributed by atoms with Crippen molar-refractivity contribution in [1.82, 2.24) is 9.88 Å². The molecule has 112 valence electrons. The number of nitrogens with two attached hydrogens (primary N) is 1. The highest BCUT2D eigenvalue weighted by atomic mass is 32.1. The highest BCUT2D eigenvalue weighted by Gasteiger charge is 2.22. The van der Waals surface area contributed by atoms with E-state index in [1.54, 1.807) is 37.6 Å². The Hall–Kier alpha value is -1.79. The van der Waals surface area contributed by atoms with E-state index >= 15 is 0 Å². The number of halogens is 1. The Morgan fingerprint density at radius 1 is 1.48 bits per heavy atom. The maximum absolute atomic E-state index is 13.8. The van der Waals surface area contributed by atoms with Crippen LogP contribution in [0.3, 0.4) is 0 Å². The first-order chi connectivity index (χ1) is 10.0. The average molecular weight is 307 g/mol. The molecule has 1 aromatic carbocycles. The minimum atomic E-state index is -0.363. The monoisotopic (exact) mass is 307 g/mol. The molecule has 1 atom stereocenters. The summed E-state index contributed by atoms with van der Waals surface area (Å²) in [6.45, 7) is 2.30. The van der Waals surface area contributed by atoms with Crippen LogP contribution in [0.1, 0.15) is 34.0 Å². The number of aromatic nitrogens is 1. The van der Waals surface area contributed by atoms with Gasteiger partial charge in [0.2, 0.25) is 0 Å². The highest BCUT2D eigenvalue weighted by molar-refractivity contribution is 7.09. The molecule has 6 heteroatoms. The Morgan fingerprint density at radius 2 is 2.19 bits per heavy atom. The summed E-state index contributed by atoms with van der Waals surface area (Å²) in [5.74, 6) is -0.531. The van der Waals surface area contributed by atoms with Crippen molar-refractivity contribution in [3.8, 4) is 0 Å². The van der Waals surface area contributed by atoms with Gasteiger partial charge in [-0.15, -0.1) is 11.3 Å². The van der Waals surface area contributed by atoms with Crippen LogP contribution in [0.15, 0.2) is 29.6 Å². The van der Waals surface area contributed by atoms with E-state index in [0.717, 1.165) is 5.01 Å². The van der Waals surface area contributed by atoms with Gasteiger partial charge < -0.3 is 10.6 Å². The van der Waals surface area contributed by atoms with Crippen molar-refractivity contribution in [1.29, 1.82) is 0 Å². The summed E-state index contributed by atoms with van der Waals surface area (Å²) < 4.78 is 13.8. The number of hydrogen-bond acceptors (Lipinski definition) is 4. The van der Waals surface area contributed by atoms with Crippen molar-refractivity contribution in [3.05, 3.63) is 51.7 Å².